The number of carbonyl (C=O) groups is 2. The predicted molar refractivity (Wildman–Crippen MR) is 66.0 cm³/mol. The number of nitrogens with zero attached hydrogens (tertiary/aromatic N) is 1. The van der Waals surface area contributed by atoms with Gasteiger partial charge in [-0.2, -0.15) is 0 Å². The quantitative estimate of drug-likeness (QED) is 0.630. The first kappa shape index (κ1) is 14.9. The lowest BCUT2D eigenvalue weighted by molar-refractivity contribution is -0.138. The number of carboxylic acids is 1. The maximum absolute atomic E-state index is 12.0. The van der Waals surface area contributed by atoms with Crippen molar-refractivity contribution in [2.24, 2.45) is 11.7 Å². The molecule has 0 aromatic heterocycles. The molecule has 3 N–H and O–H groups in total. The molecule has 1 amide bonds. The van der Waals surface area contributed by atoms with E-state index in [2.05, 4.69) is 0 Å². The number of carbonyl (C=O) groups excluding carboxylic acids is 1. The van der Waals surface area contributed by atoms with Gasteiger partial charge in [-0.1, -0.05) is 0 Å². The molecule has 0 radical (unpaired) electrons. The molecule has 0 spiro atoms. The monoisotopic (exact) mass is 258 g/mol. The van der Waals surface area contributed by atoms with Gasteiger partial charge < -0.3 is 20.5 Å². The first-order valence-corrected chi connectivity index (χ1v) is 6.29. The predicted octanol–water partition coefficient (Wildman–Crippen LogP) is 0.0635. The Bertz CT molecular complexity index is 296. The summed E-state index contributed by atoms with van der Waals surface area (Å²) >= 11 is 0. The minimum absolute atomic E-state index is 0.0672. The summed E-state index contributed by atoms with van der Waals surface area (Å²) in [4.78, 5) is 24.3. The molecular formula is C12H22N2O4. The molecule has 18 heavy (non-hydrogen) atoms. The van der Waals surface area contributed by atoms with Gasteiger partial charge in [-0.05, 0) is 25.2 Å². The Morgan fingerprint density at radius 3 is 2.89 bits per heavy atom. The third-order valence-corrected chi connectivity index (χ3v) is 3.24. The molecule has 0 bridgehead atoms. The lowest BCUT2D eigenvalue weighted by Gasteiger charge is -2.20. The van der Waals surface area contributed by atoms with E-state index in [9.17, 15) is 9.59 Å². The van der Waals surface area contributed by atoms with Crippen molar-refractivity contribution in [3.05, 3.63) is 0 Å². The maximum atomic E-state index is 12.0. The van der Waals surface area contributed by atoms with Crippen LogP contribution in [0.1, 0.15) is 25.7 Å². The van der Waals surface area contributed by atoms with Crippen LogP contribution < -0.4 is 5.73 Å². The van der Waals surface area contributed by atoms with Crippen LogP contribution in [0.4, 0.5) is 0 Å². The van der Waals surface area contributed by atoms with Gasteiger partial charge in [0.15, 0.2) is 0 Å². The number of methoxy groups -OCH3 is 1. The molecule has 1 rings (SSSR count). The number of amides is 1. The van der Waals surface area contributed by atoms with Crippen molar-refractivity contribution in [2.45, 2.75) is 31.7 Å². The average Bonchev–Trinajstić information content (AvgIpc) is 2.75. The number of carboxylic acid groups (broad SMARTS) is 1. The molecular weight excluding hydrogens is 236 g/mol. The van der Waals surface area contributed by atoms with Crippen molar-refractivity contribution in [2.75, 3.05) is 26.8 Å². The number of rotatable bonds is 7. The highest BCUT2D eigenvalue weighted by molar-refractivity contribution is 5.82. The molecule has 6 nitrogen and oxygen atoms in total. The summed E-state index contributed by atoms with van der Waals surface area (Å²) in [5.41, 5.74) is 5.82. The van der Waals surface area contributed by atoms with Crippen LogP contribution in [0.25, 0.3) is 0 Å². The molecule has 1 aliphatic rings. The number of likely N-dealkylation sites (tertiary alicyclic amines) is 1. The lowest BCUT2D eigenvalue weighted by Crippen LogP contribution is -2.42. The number of ether oxygens (including phenoxy) is 1. The Morgan fingerprint density at radius 1 is 1.56 bits per heavy atom. The molecule has 2 unspecified atom stereocenters. The molecule has 2 atom stereocenters. The van der Waals surface area contributed by atoms with E-state index < -0.39 is 12.0 Å². The Labute approximate surface area is 107 Å². The van der Waals surface area contributed by atoms with Crippen LogP contribution in [0.3, 0.4) is 0 Å². The Hall–Kier alpha value is -1.14. The van der Waals surface area contributed by atoms with Crippen LogP contribution >= 0.6 is 0 Å². The van der Waals surface area contributed by atoms with Crippen molar-refractivity contribution in [3.8, 4) is 0 Å². The average molecular weight is 258 g/mol. The molecule has 0 aromatic carbocycles. The zero-order valence-electron chi connectivity index (χ0n) is 10.8. The summed E-state index contributed by atoms with van der Waals surface area (Å²) in [6, 6.07) is -0.497. The van der Waals surface area contributed by atoms with E-state index in [0.717, 1.165) is 12.8 Å². The minimum Gasteiger partial charge on any atom is -0.481 e. The summed E-state index contributed by atoms with van der Waals surface area (Å²) < 4.78 is 4.91. The van der Waals surface area contributed by atoms with E-state index in [1.54, 1.807) is 12.0 Å². The smallest absolute Gasteiger partial charge is 0.303 e. The van der Waals surface area contributed by atoms with Crippen LogP contribution in [0.15, 0.2) is 0 Å². The zero-order valence-corrected chi connectivity index (χ0v) is 10.8. The summed E-state index contributed by atoms with van der Waals surface area (Å²) in [5, 5.41) is 8.71. The van der Waals surface area contributed by atoms with Gasteiger partial charge in [-0.15, -0.1) is 0 Å². The molecule has 6 heteroatoms. The zero-order chi connectivity index (χ0) is 13.5. The largest absolute Gasteiger partial charge is 0.481 e. The fourth-order valence-electron chi connectivity index (χ4n) is 2.25. The minimum atomic E-state index is -0.807. The van der Waals surface area contributed by atoms with Gasteiger partial charge >= 0.3 is 5.97 Å². The van der Waals surface area contributed by atoms with Crippen LogP contribution in [-0.4, -0.2) is 54.7 Å². The number of nitrogens with two attached hydrogens (primary N) is 1. The molecule has 0 aromatic rings. The fourth-order valence-corrected chi connectivity index (χ4v) is 2.25. The fraction of sp³-hybridized carbons (Fsp3) is 0.833. The standard InChI is InChI=1S/C12H22N2O4/c1-18-6-2-3-10(13)12(17)14-5-4-9(8-14)7-11(15)16/h9-10H,2-8,13H2,1H3,(H,15,16). The summed E-state index contributed by atoms with van der Waals surface area (Å²) in [5.74, 6) is -0.810. The number of hydrogen-bond donors (Lipinski definition) is 2. The number of hydrogen-bond acceptors (Lipinski definition) is 4. The van der Waals surface area contributed by atoms with Gasteiger partial charge in [0.25, 0.3) is 0 Å². The topological polar surface area (TPSA) is 92.9 Å². The molecule has 0 saturated carbocycles. The first-order valence-electron chi connectivity index (χ1n) is 6.29. The maximum Gasteiger partial charge on any atom is 0.303 e. The first-order chi connectivity index (χ1) is 8.54. The lowest BCUT2D eigenvalue weighted by atomic mass is 10.1. The van der Waals surface area contributed by atoms with Crippen molar-refractivity contribution in [1.29, 1.82) is 0 Å². The van der Waals surface area contributed by atoms with Gasteiger partial charge in [0.1, 0.15) is 0 Å². The van der Waals surface area contributed by atoms with Crippen molar-refractivity contribution >= 4 is 11.9 Å². The highest BCUT2D eigenvalue weighted by Crippen LogP contribution is 2.20. The number of aliphatic carboxylic acids is 1. The second kappa shape index (κ2) is 7.33. The van der Waals surface area contributed by atoms with Gasteiger partial charge in [-0.25, -0.2) is 0 Å². The highest BCUT2D eigenvalue weighted by atomic mass is 16.5. The van der Waals surface area contributed by atoms with E-state index in [-0.39, 0.29) is 18.2 Å². The van der Waals surface area contributed by atoms with Gasteiger partial charge in [0, 0.05) is 33.2 Å². The van der Waals surface area contributed by atoms with E-state index in [0.29, 0.717) is 26.1 Å². The third-order valence-electron chi connectivity index (χ3n) is 3.24. The highest BCUT2D eigenvalue weighted by Gasteiger charge is 2.30. The van der Waals surface area contributed by atoms with Gasteiger partial charge in [0.2, 0.25) is 5.91 Å². The van der Waals surface area contributed by atoms with Crippen LogP contribution in [0, 0.1) is 5.92 Å². The van der Waals surface area contributed by atoms with Gasteiger partial charge in [-0.3, -0.25) is 9.59 Å². The van der Waals surface area contributed by atoms with Crippen molar-refractivity contribution in [3.63, 3.8) is 0 Å². The SMILES string of the molecule is COCCCC(N)C(=O)N1CCC(CC(=O)O)C1. The van der Waals surface area contributed by atoms with Crippen molar-refractivity contribution < 1.29 is 19.4 Å². The normalized spacial score (nSPS) is 21.0. The van der Waals surface area contributed by atoms with E-state index >= 15 is 0 Å². The molecule has 1 fully saturated rings. The Balaban J connectivity index is 2.32. The Morgan fingerprint density at radius 2 is 2.28 bits per heavy atom. The molecule has 0 aliphatic carbocycles. The second-order valence-electron chi connectivity index (χ2n) is 4.78. The van der Waals surface area contributed by atoms with E-state index in [1.807, 2.05) is 0 Å². The second-order valence-corrected chi connectivity index (χ2v) is 4.78. The third kappa shape index (κ3) is 4.62. The van der Waals surface area contributed by atoms with E-state index in [1.165, 1.54) is 0 Å². The van der Waals surface area contributed by atoms with Crippen LogP contribution in [0.5, 0.6) is 0 Å². The Kier molecular flexibility index (Phi) is 6.07. The van der Waals surface area contributed by atoms with Gasteiger partial charge in [0.05, 0.1) is 6.04 Å². The van der Waals surface area contributed by atoms with Crippen LogP contribution in [0.2, 0.25) is 0 Å². The van der Waals surface area contributed by atoms with E-state index in [4.69, 9.17) is 15.6 Å². The molecule has 104 valence electrons. The molecule has 1 heterocycles. The summed E-state index contributed by atoms with van der Waals surface area (Å²) in [6.45, 7) is 1.74. The summed E-state index contributed by atoms with van der Waals surface area (Å²) in [7, 11) is 1.62. The molecule has 1 saturated heterocycles. The van der Waals surface area contributed by atoms with Crippen molar-refractivity contribution in [1.82, 2.24) is 4.90 Å². The van der Waals surface area contributed by atoms with Crippen LogP contribution in [-0.2, 0) is 14.3 Å². The summed E-state index contributed by atoms with van der Waals surface area (Å²) in [6.07, 6.45) is 2.24. The molecule has 1 aliphatic heterocycles.